The number of nitro groups is 1. The Morgan fingerprint density at radius 1 is 1.00 bits per heavy atom. The highest BCUT2D eigenvalue weighted by Gasteiger charge is 2.10. The van der Waals surface area contributed by atoms with Gasteiger partial charge in [-0.3, -0.25) is 30.6 Å². The summed E-state index contributed by atoms with van der Waals surface area (Å²) in [6, 6.07) is 11.9. The number of hydrogen-bond donors (Lipinski definition) is 3. The maximum absolute atomic E-state index is 12.1. The van der Waals surface area contributed by atoms with Gasteiger partial charge in [0.1, 0.15) is 0 Å². The number of nitrogens with two attached hydrogens (primary N) is 1. The number of hydrogen-bond acceptors (Lipinski definition) is 6. The summed E-state index contributed by atoms with van der Waals surface area (Å²) in [7, 11) is 0. The standard InChI is InChI=1S/C17H16N4O4/c1-11(22)10-16(12-4-8-15(9-5-12)21(24)25)19-20-17(23)13-2-6-14(18)7-3-13/h2-10,19H,18H2,1H3,(H,20,23)/b16-10-. The summed E-state index contributed by atoms with van der Waals surface area (Å²) in [5.74, 6) is -0.668. The zero-order chi connectivity index (χ0) is 18.4. The molecule has 0 fully saturated rings. The van der Waals surface area contributed by atoms with E-state index >= 15 is 0 Å². The zero-order valence-electron chi connectivity index (χ0n) is 13.4. The highest BCUT2D eigenvalue weighted by atomic mass is 16.6. The number of amides is 1. The number of benzene rings is 2. The van der Waals surface area contributed by atoms with E-state index in [2.05, 4.69) is 10.9 Å². The highest BCUT2D eigenvalue weighted by Crippen LogP contribution is 2.17. The Morgan fingerprint density at radius 2 is 1.56 bits per heavy atom. The SMILES string of the molecule is CC(=O)/C=C(\NNC(=O)c1ccc(N)cc1)c1ccc([N+](=O)[O-])cc1. The third kappa shape index (κ3) is 4.90. The second-order valence-corrected chi connectivity index (χ2v) is 5.17. The van der Waals surface area contributed by atoms with E-state index < -0.39 is 10.8 Å². The maximum Gasteiger partial charge on any atom is 0.269 e. The van der Waals surface area contributed by atoms with Crippen LogP contribution in [-0.4, -0.2) is 16.6 Å². The molecule has 2 rings (SSSR count). The monoisotopic (exact) mass is 340 g/mol. The molecular weight excluding hydrogens is 324 g/mol. The van der Waals surface area contributed by atoms with E-state index in [1.807, 2.05) is 0 Å². The quantitative estimate of drug-likeness (QED) is 0.319. The summed E-state index contributed by atoms with van der Waals surface area (Å²) in [6.07, 6.45) is 1.28. The first-order valence-electron chi connectivity index (χ1n) is 7.26. The van der Waals surface area contributed by atoms with Crippen LogP contribution in [0.25, 0.3) is 5.70 Å². The van der Waals surface area contributed by atoms with Crippen molar-refractivity contribution < 1.29 is 14.5 Å². The molecule has 1 amide bonds. The van der Waals surface area contributed by atoms with Crippen LogP contribution in [-0.2, 0) is 4.79 Å². The van der Waals surface area contributed by atoms with Gasteiger partial charge in [-0.25, -0.2) is 0 Å². The predicted molar refractivity (Wildman–Crippen MR) is 93.2 cm³/mol. The molecule has 25 heavy (non-hydrogen) atoms. The van der Waals surface area contributed by atoms with Crippen LogP contribution >= 0.6 is 0 Å². The first-order chi connectivity index (χ1) is 11.9. The van der Waals surface area contributed by atoms with Gasteiger partial charge in [0.15, 0.2) is 5.78 Å². The molecule has 8 nitrogen and oxygen atoms in total. The van der Waals surface area contributed by atoms with Crippen LogP contribution in [0.5, 0.6) is 0 Å². The van der Waals surface area contributed by atoms with Crippen molar-refractivity contribution in [1.29, 1.82) is 0 Å². The lowest BCUT2D eigenvalue weighted by Crippen LogP contribution is -2.36. The summed E-state index contributed by atoms with van der Waals surface area (Å²) in [6.45, 7) is 1.36. The van der Waals surface area contributed by atoms with Crippen LogP contribution in [0.3, 0.4) is 0 Å². The van der Waals surface area contributed by atoms with Crippen molar-refractivity contribution >= 4 is 28.8 Å². The molecule has 0 unspecified atom stereocenters. The highest BCUT2D eigenvalue weighted by molar-refractivity contribution is 5.97. The number of anilines is 1. The second-order valence-electron chi connectivity index (χ2n) is 5.17. The molecule has 0 bridgehead atoms. The Bertz CT molecular complexity index is 827. The predicted octanol–water partition coefficient (Wildman–Crippen LogP) is 2.04. The van der Waals surface area contributed by atoms with Gasteiger partial charge in [-0.1, -0.05) is 0 Å². The average Bonchev–Trinajstić information content (AvgIpc) is 2.58. The third-order valence-electron chi connectivity index (χ3n) is 3.22. The van der Waals surface area contributed by atoms with Crippen molar-refractivity contribution in [3.63, 3.8) is 0 Å². The van der Waals surface area contributed by atoms with E-state index in [0.717, 1.165) is 0 Å². The van der Waals surface area contributed by atoms with Gasteiger partial charge >= 0.3 is 0 Å². The number of carbonyl (C=O) groups is 2. The van der Waals surface area contributed by atoms with E-state index in [4.69, 9.17) is 5.73 Å². The number of carbonyl (C=O) groups excluding carboxylic acids is 2. The molecule has 8 heteroatoms. The zero-order valence-corrected chi connectivity index (χ0v) is 13.4. The van der Waals surface area contributed by atoms with E-state index in [0.29, 0.717) is 22.5 Å². The number of nitrogens with one attached hydrogen (secondary N) is 2. The van der Waals surface area contributed by atoms with Gasteiger partial charge in [0.25, 0.3) is 11.6 Å². The average molecular weight is 340 g/mol. The summed E-state index contributed by atoms with van der Waals surface area (Å²) in [4.78, 5) is 33.7. The summed E-state index contributed by atoms with van der Waals surface area (Å²) in [5.41, 5.74) is 12.4. The third-order valence-corrected chi connectivity index (χ3v) is 3.22. The van der Waals surface area contributed by atoms with Gasteiger partial charge in [0.05, 0.1) is 10.6 Å². The molecule has 0 atom stereocenters. The maximum atomic E-state index is 12.1. The molecule has 0 spiro atoms. The van der Waals surface area contributed by atoms with Crippen molar-refractivity contribution in [3.8, 4) is 0 Å². The van der Waals surface area contributed by atoms with Gasteiger partial charge in [0, 0.05) is 35.0 Å². The minimum absolute atomic E-state index is 0.0724. The Kier molecular flexibility index (Phi) is 5.47. The summed E-state index contributed by atoms with van der Waals surface area (Å²) >= 11 is 0. The molecule has 2 aromatic rings. The molecule has 0 aliphatic rings. The fourth-order valence-electron chi connectivity index (χ4n) is 1.99. The van der Waals surface area contributed by atoms with Crippen LogP contribution in [0, 0.1) is 10.1 Å². The van der Waals surface area contributed by atoms with Crippen molar-refractivity contribution in [2.24, 2.45) is 0 Å². The number of nitrogen functional groups attached to an aromatic ring is 1. The van der Waals surface area contributed by atoms with Gasteiger partial charge in [-0.05, 0) is 43.3 Å². The first-order valence-corrected chi connectivity index (χ1v) is 7.26. The number of rotatable bonds is 6. The number of nitrogens with zero attached hydrogens (tertiary/aromatic N) is 1. The van der Waals surface area contributed by atoms with E-state index in [1.165, 1.54) is 37.3 Å². The molecule has 0 aromatic heterocycles. The Morgan fingerprint density at radius 3 is 2.08 bits per heavy atom. The minimum atomic E-state index is -0.519. The second kappa shape index (κ2) is 7.73. The van der Waals surface area contributed by atoms with Crippen molar-refractivity contribution in [2.45, 2.75) is 6.92 Å². The summed E-state index contributed by atoms with van der Waals surface area (Å²) in [5, 5.41) is 10.7. The van der Waals surface area contributed by atoms with Gasteiger partial charge in [-0.2, -0.15) is 0 Å². The Labute approximate surface area is 143 Å². The first kappa shape index (κ1) is 17.7. The van der Waals surface area contributed by atoms with Crippen LogP contribution in [0.2, 0.25) is 0 Å². The minimum Gasteiger partial charge on any atom is -0.399 e. The number of non-ortho nitro benzene ring substituents is 1. The molecular formula is C17H16N4O4. The molecule has 2 aromatic carbocycles. The largest absolute Gasteiger partial charge is 0.399 e. The lowest BCUT2D eigenvalue weighted by Gasteiger charge is -2.12. The van der Waals surface area contributed by atoms with Crippen molar-refractivity contribution in [1.82, 2.24) is 10.9 Å². The normalized spacial score (nSPS) is 10.8. The Balaban J connectivity index is 2.15. The fraction of sp³-hybridized carbons (Fsp3) is 0.0588. The molecule has 4 N–H and O–H groups in total. The molecule has 0 saturated carbocycles. The van der Waals surface area contributed by atoms with E-state index in [9.17, 15) is 19.7 Å². The topological polar surface area (TPSA) is 127 Å². The number of ketones is 1. The molecule has 0 radical (unpaired) electrons. The van der Waals surface area contributed by atoms with E-state index in [1.54, 1.807) is 24.3 Å². The van der Waals surface area contributed by atoms with Crippen LogP contribution in [0.4, 0.5) is 11.4 Å². The molecule has 0 saturated heterocycles. The number of hydrazine groups is 1. The molecule has 0 heterocycles. The molecule has 0 aliphatic carbocycles. The molecule has 128 valence electrons. The summed E-state index contributed by atoms with van der Waals surface area (Å²) < 4.78 is 0. The van der Waals surface area contributed by atoms with Gasteiger partial charge < -0.3 is 5.73 Å². The van der Waals surface area contributed by atoms with Gasteiger partial charge in [0.2, 0.25) is 0 Å². The van der Waals surface area contributed by atoms with Crippen molar-refractivity contribution in [3.05, 3.63) is 75.8 Å². The van der Waals surface area contributed by atoms with E-state index in [-0.39, 0.29) is 11.5 Å². The number of allylic oxidation sites excluding steroid dienone is 1. The van der Waals surface area contributed by atoms with Crippen LogP contribution < -0.4 is 16.6 Å². The van der Waals surface area contributed by atoms with Gasteiger partial charge in [-0.15, -0.1) is 0 Å². The van der Waals surface area contributed by atoms with Crippen LogP contribution in [0.1, 0.15) is 22.8 Å². The molecule has 0 aliphatic heterocycles. The Hall–Kier alpha value is -3.68. The smallest absolute Gasteiger partial charge is 0.269 e. The number of nitro benzene ring substituents is 1. The lowest BCUT2D eigenvalue weighted by atomic mass is 10.1. The fourth-order valence-corrected chi connectivity index (χ4v) is 1.99. The van der Waals surface area contributed by atoms with Crippen LogP contribution in [0.15, 0.2) is 54.6 Å². The van der Waals surface area contributed by atoms with Crippen molar-refractivity contribution in [2.75, 3.05) is 5.73 Å². The lowest BCUT2D eigenvalue weighted by molar-refractivity contribution is -0.384.